The van der Waals surface area contributed by atoms with E-state index in [2.05, 4.69) is 10.1 Å². The molecule has 12 heavy (non-hydrogen) atoms. The summed E-state index contributed by atoms with van der Waals surface area (Å²) in [5.74, 6) is 1.23. The van der Waals surface area contributed by atoms with E-state index in [9.17, 15) is 4.79 Å². The van der Waals surface area contributed by atoms with Gasteiger partial charge in [0.1, 0.15) is 6.04 Å². The first-order valence-electron chi connectivity index (χ1n) is 4.14. The first-order valence-corrected chi connectivity index (χ1v) is 4.14. The van der Waals surface area contributed by atoms with Crippen LogP contribution in [0.1, 0.15) is 12.8 Å². The predicted molar refractivity (Wildman–Crippen MR) is 47.3 cm³/mol. The van der Waals surface area contributed by atoms with Crippen LogP contribution < -0.4 is 5.32 Å². The molecule has 0 aromatic carbocycles. The van der Waals surface area contributed by atoms with Gasteiger partial charge in [0.15, 0.2) is 0 Å². The van der Waals surface area contributed by atoms with Crippen LogP contribution in [0.3, 0.4) is 0 Å². The van der Waals surface area contributed by atoms with Crippen molar-refractivity contribution in [3.63, 3.8) is 0 Å². The van der Waals surface area contributed by atoms with Gasteiger partial charge in [0.2, 0.25) is 0 Å². The molecule has 0 radical (unpaired) electrons. The van der Waals surface area contributed by atoms with Crippen molar-refractivity contribution >= 4 is 18.4 Å². The van der Waals surface area contributed by atoms with E-state index in [4.69, 9.17) is 0 Å². The molecule has 1 N–H and O–H groups in total. The number of hydrogen-bond acceptors (Lipinski definition) is 3. The fraction of sp³-hybridized carbons (Fsp3) is 0.875. The van der Waals surface area contributed by atoms with E-state index >= 15 is 0 Å². The predicted octanol–water partition coefficient (Wildman–Crippen LogP) is 0.579. The number of fused-ring (bicyclic) bond motifs is 1. The Hall–Kier alpha value is -0.280. The largest absolute Gasteiger partial charge is 0.468 e. The van der Waals surface area contributed by atoms with E-state index in [1.165, 1.54) is 20.0 Å². The smallest absolute Gasteiger partial charge is 0.323 e. The van der Waals surface area contributed by atoms with Gasteiger partial charge in [-0.05, 0) is 31.2 Å². The van der Waals surface area contributed by atoms with Gasteiger partial charge in [-0.15, -0.1) is 12.4 Å². The van der Waals surface area contributed by atoms with Gasteiger partial charge in [0, 0.05) is 0 Å². The Bertz CT molecular complexity index is 186. The monoisotopic (exact) mass is 191 g/mol. The molecule has 1 aliphatic heterocycles. The topological polar surface area (TPSA) is 38.3 Å². The zero-order valence-corrected chi connectivity index (χ0v) is 7.89. The molecule has 1 aliphatic carbocycles. The summed E-state index contributed by atoms with van der Waals surface area (Å²) in [6, 6.07) is -0.00116. The van der Waals surface area contributed by atoms with E-state index in [1.807, 2.05) is 0 Å². The Labute approximate surface area is 78.3 Å². The molecule has 1 saturated heterocycles. The molecule has 4 heteroatoms. The van der Waals surface area contributed by atoms with Crippen molar-refractivity contribution in [1.82, 2.24) is 5.32 Å². The van der Waals surface area contributed by atoms with E-state index < -0.39 is 0 Å². The second-order valence-corrected chi connectivity index (χ2v) is 3.41. The van der Waals surface area contributed by atoms with Crippen LogP contribution in [0, 0.1) is 11.8 Å². The highest BCUT2D eigenvalue weighted by molar-refractivity contribution is 5.85. The van der Waals surface area contributed by atoms with Crippen molar-refractivity contribution in [3.05, 3.63) is 0 Å². The van der Waals surface area contributed by atoms with Crippen molar-refractivity contribution in [3.8, 4) is 0 Å². The van der Waals surface area contributed by atoms with Crippen LogP contribution in [-0.2, 0) is 9.53 Å². The minimum atomic E-state index is -0.0859. The average molecular weight is 192 g/mol. The summed E-state index contributed by atoms with van der Waals surface area (Å²) < 4.78 is 4.69. The summed E-state index contributed by atoms with van der Waals surface area (Å²) in [5.41, 5.74) is 0. The Morgan fingerprint density at radius 2 is 2.25 bits per heavy atom. The number of carbonyl (C=O) groups excluding carboxylic acids is 1. The molecule has 2 aliphatic rings. The summed E-state index contributed by atoms with van der Waals surface area (Å²) in [7, 11) is 1.45. The van der Waals surface area contributed by atoms with Crippen LogP contribution in [0.5, 0.6) is 0 Å². The summed E-state index contributed by atoms with van der Waals surface area (Å²) in [6.45, 7) is 1.00. The molecule has 0 aromatic heterocycles. The molecule has 3 atom stereocenters. The Morgan fingerprint density at radius 1 is 1.50 bits per heavy atom. The second kappa shape index (κ2) is 3.62. The van der Waals surface area contributed by atoms with Gasteiger partial charge in [-0.2, -0.15) is 0 Å². The summed E-state index contributed by atoms with van der Waals surface area (Å²) >= 11 is 0. The maximum absolute atomic E-state index is 11.1. The fourth-order valence-electron chi connectivity index (χ4n) is 2.10. The van der Waals surface area contributed by atoms with Crippen LogP contribution in [0.2, 0.25) is 0 Å². The zero-order valence-electron chi connectivity index (χ0n) is 7.08. The number of halogens is 1. The average Bonchev–Trinajstić information content (AvgIpc) is 2.25. The molecule has 0 spiro atoms. The van der Waals surface area contributed by atoms with Crippen LogP contribution in [0.15, 0.2) is 0 Å². The molecule has 2 rings (SSSR count). The molecule has 1 heterocycles. The standard InChI is InChI=1S/C8H13NO2.ClH/c1-11-8(10)7-6-3-2-5(6)4-9-7;/h5-7,9H,2-4H2,1H3;1H/t5-,6-,7+;/m0./s1. The van der Waals surface area contributed by atoms with Crippen molar-refractivity contribution in [1.29, 1.82) is 0 Å². The third-order valence-electron chi connectivity index (χ3n) is 2.96. The second-order valence-electron chi connectivity index (χ2n) is 3.41. The number of rotatable bonds is 1. The van der Waals surface area contributed by atoms with Crippen molar-refractivity contribution in [2.24, 2.45) is 11.8 Å². The lowest BCUT2D eigenvalue weighted by Crippen LogP contribution is -2.39. The number of hydrogen-bond donors (Lipinski definition) is 1. The first kappa shape index (κ1) is 9.81. The number of methoxy groups -OCH3 is 1. The molecule has 3 nitrogen and oxygen atoms in total. The van der Waals surface area contributed by atoms with Crippen molar-refractivity contribution < 1.29 is 9.53 Å². The SMILES string of the molecule is COC(=O)[C@@H]1NC[C@@H]2CC[C@@H]21.Cl. The lowest BCUT2D eigenvalue weighted by Gasteiger charge is -2.31. The Morgan fingerprint density at radius 3 is 2.67 bits per heavy atom. The number of esters is 1. The van der Waals surface area contributed by atoms with Crippen LogP contribution in [-0.4, -0.2) is 25.7 Å². The highest BCUT2D eigenvalue weighted by Gasteiger charge is 2.45. The number of nitrogens with one attached hydrogen (secondary N) is 1. The van der Waals surface area contributed by atoms with Gasteiger partial charge >= 0.3 is 5.97 Å². The van der Waals surface area contributed by atoms with E-state index in [0.29, 0.717) is 5.92 Å². The maximum atomic E-state index is 11.1. The summed E-state index contributed by atoms with van der Waals surface area (Å²) in [6.07, 6.45) is 2.47. The lowest BCUT2D eigenvalue weighted by molar-refractivity contribution is -0.144. The molecule has 70 valence electrons. The van der Waals surface area contributed by atoms with Crippen molar-refractivity contribution in [2.45, 2.75) is 18.9 Å². The van der Waals surface area contributed by atoms with Crippen molar-refractivity contribution in [2.75, 3.05) is 13.7 Å². The van der Waals surface area contributed by atoms with Crippen LogP contribution >= 0.6 is 12.4 Å². The minimum absolute atomic E-state index is 0. The lowest BCUT2D eigenvalue weighted by atomic mass is 9.73. The van der Waals surface area contributed by atoms with Gasteiger partial charge in [0.05, 0.1) is 7.11 Å². The quantitative estimate of drug-likeness (QED) is 0.617. The molecular weight excluding hydrogens is 178 g/mol. The van der Waals surface area contributed by atoms with Gasteiger partial charge in [0.25, 0.3) is 0 Å². The van der Waals surface area contributed by atoms with E-state index in [1.54, 1.807) is 0 Å². The Kier molecular flexibility index (Phi) is 2.96. The van der Waals surface area contributed by atoms with Crippen LogP contribution in [0.25, 0.3) is 0 Å². The summed E-state index contributed by atoms with van der Waals surface area (Å²) in [4.78, 5) is 11.1. The molecular formula is C8H14ClNO2. The third kappa shape index (κ3) is 1.31. The van der Waals surface area contributed by atoms with Crippen LogP contribution in [0.4, 0.5) is 0 Å². The first-order chi connectivity index (χ1) is 5.33. The normalized spacial score (nSPS) is 37.6. The van der Waals surface area contributed by atoms with E-state index in [0.717, 1.165) is 12.5 Å². The fourth-order valence-corrected chi connectivity index (χ4v) is 2.10. The van der Waals surface area contributed by atoms with Gasteiger partial charge in [-0.1, -0.05) is 0 Å². The van der Waals surface area contributed by atoms with Gasteiger partial charge < -0.3 is 10.1 Å². The number of carbonyl (C=O) groups is 1. The van der Waals surface area contributed by atoms with E-state index in [-0.39, 0.29) is 24.4 Å². The third-order valence-corrected chi connectivity index (χ3v) is 2.96. The number of ether oxygens (including phenoxy) is 1. The zero-order chi connectivity index (χ0) is 7.84. The molecule has 0 unspecified atom stereocenters. The van der Waals surface area contributed by atoms with Gasteiger partial charge in [-0.25, -0.2) is 0 Å². The highest BCUT2D eigenvalue weighted by Crippen LogP contribution is 2.40. The molecule has 2 fully saturated rings. The molecule has 1 saturated carbocycles. The molecule has 0 amide bonds. The maximum Gasteiger partial charge on any atom is 0.323 e. The summed E-state index contributed by atoms with van der Waals surface area (Å²) in [5, 5.41) is 3.19. The molecule has 0 bridgehead atoms. The highest BCUT2D eigenvalue weighted by atomic mass is 35.5. The molecule has 0 aromatic rings. The van der Waals surface area contributed by atoms with Gasteiger partial charge in [-0.3, -0.25) is 4.79 Å². The minimum Gasteiger partial charge on any atom is -0.468 e. The Balaban J connectivity index is 0.000000720.